The Morgan fingerprint density at radius 2 is 2.39 bits per heavy atom. The lowest BCUT2D eigenvalue weighted by Crippen LogP contribution is -2.23. The molecule has 2 rings (SSSR count). The number of carbonyl (C=O) groups is 1. The van der Waals surface area contributed by atoms with Crippen LogP contribution in [0.25, 0.3) is 0 Å². The van der Waals surface area contributed by atoms with Gasteiger partial charge in [0.05, 0.1) is 0 Å². The van der Waals surface area contributed by atoms with Gasteiger partial charge in [-0.3, -0.25) is 0 Å². The summed E-state index contributed by atoms with van der Waals surface area (Å²) in [6.45, 7) is 0.720. The molecule has 0 unspecified atom stereocenters. The van der Waals surface area contributed by atoms with E-state index in [0.717, 1.165) is 13.0 Å². The van der Waals surface area contributed by atoms with Gasteiger partial charge in [0.2, 0.25) is 0 Å². The first-order chi connectivity index (χ1) is 8.68. The van der Waals surface area contributed by atoms with Crippen LogP contribution < -0.4 is 4.90 Å². The molecule has 2 heterocycles. The van der Waals surface area contributed by atoms with E-state index >= 15 is 0 Å². The van der Waals surface area contributed by atoms with Crippen molar-refractivity contribution < 1.29 is 9.90 Å². The number of anilines is 1. The third kappa shape index (κ3) is 2.84. The number of rotatable bonds is 5. The number of hydrogen-bond donors (Lipinski definition) is 1. The van der Waals surface area contributed by atoms with E-state index in [0.29, 0.717) is 5.82 Å². The van der Waals surface area contributed by atoms with Gasteiger partial charge in [0.1, 0.15) is 17.7 Å². The predicted molar refractivity (Wildman–Crippen MR) is 70.3 cm³/mol. The molecule has 0 aliphatic heterocycles. The second-order valence-corrected chi connectivity index (χ2v) is 4.85. The van der Waals surface area contributed by atoms with Crippen LogP contribution in [-0.2, 0) is 6.42 Å². The molecule has 5 nitrogen and oxygen atoms in total. The van der Waals surface area contributed by atoms with Crippen molar-refractivity contribution in [3.05, 3.63) is 40.5 Å². The highest BCUT2D eigenvalue weighted by atomic mass is 32.1. The molecule has 0 aliphatic carbocycles. The Kier molecular flexibility index (Phi) is 3.88. The van der Waals surface area contributed by atoms with Gasteiger partial charge in [-0.2, -0.15) is 0 Å². The number of likely N-dealkylation sites (N-methyl/N-ethyl adjacent to an activating group) is 1. The minimum absolute atomic E-state index is 0.131. The summed E-state index contributed by atoms with van der Waals surface area (Å²) in [5, 5.41) is 11.1. The summed E-state index contributed by atoms with van der Waals surface area (Å²) in [4.78, 5) is 21.9. The summed E-state index contributed by atoms with van der Waals surface area (Å²) < 4.78 is 0. The molecule has 18 heavy (non-hydrogen) atoms. The van der Waals surface area contributed by atoms with Crippen LogP contribution in [0, 0.1) is 0 Å². The van der Waals surface area contributed by atoms with Crippen molar-refractivity contribution in [1.29, 1.82) is 0 Å². The van der Waals surface area contributed by atoms with Crippen molar-refractivity contribution in [2.75, 3.05) is 18.5 Å². The molecule has 0 fully saturated rings. The van der Waals surface area contributed by atoms with E-state index in [9.17, 15) is 4.79 Å². The summed E-state index contributed by atoms with van der Waals surface area (Å²) >= 11 is 1.69. The molecule has 0 saturated carbocycles. The Bertz CT molecular complexity index is 528. The third-order valence-corrected chi connectivity index (χ3v) is 3.49. The molecule has 2 aromatic rings. The Labute approximate surface area is 109 Å². The van der Waals surface area contributed by atoms with Crippen LogP contribution >= 0.6 is 11.3 Å². The molecule has 0 amide bonds. The number of carboxylic acid groups (broad SMARTS) is 1. The lowest BCUT2D eigenvalue weighted by Gasteiger charge is -2.18. The van der Waals surface area contributed by atoms with Crippen molar-refractivity contribution in [2.45, 2.75) is 6.42 Å². The smallest absolute Gasteiger partial charge is 0.341 e. The molecule has 0 saturated heterocycles. The summed E-state index contributed by atoms with van der Waals surface area (Å²) in [6.07, 6.45) is 3.56. The standard InChI is InChI=1S/C12H13N3O2S/c1-15(5-4-9-3-2-6-18-9)11-10(12(16)17)7-13-8-14-11/h2-3,6-8H,4-5H2,1H3,(H,16,17). The maximum atomic E-state index is 11.1. The maximum Gasteiger partial charge on any atom is 0.341 e. The fourth-order valence-electron chi connectivity index (χ4n) is 1.62. The van der Waals surface area contributed by atoms with E-state index in [1.54, 1.807) is 11.3 Å². The molecule has 94 valence electrons. The fourth-order valence-corrected chi connectivity index (χ4v) is 2.32. The molecule has 0 radical (unpaired) electrons. The van der Waals surface area contributed by atoms with E-state index in [-0.39, 0.29) is 5.56 Å². The minimum Gasteiger partial charge on any atom is -0.477 e. The Hall–Kier alpha value is -1.95. The highest BCUT2D eigenvalue weighted by molar-refractivity contribution is 7.09. The van der Waals surface area contributed by atoms with Crippen molar-refractivity contribution >= 4 is 23.1 Å². The van der Waals surface area contributed by atoms with Crippen LogP contribution in [0.5, 0.6) is 0 Å². The molecule has 2 aromatic heterocycles. The topological polar surface area (TPSA) is 66.3 Å². The summed E-state index contributed by atoms with van der Waals surface area (Å²) in [5.41, 5.74) is 0.131. The first kappa shape index (κ1) is 12.5. The monoisotopic (exact) mass is 263 g/mol. The molecule has 0 aliphatic rings. The van der Waals surface area contributed by atoms with E-state index in [1.807, 2.05) is 23.4 Å². The van der Waals surface area contributed by atoms with E-state index in [4.69, 9.17) is 5.11 Å². The number of thiophene rings is 1. The van der Waals surface area contributed by atoms with Gasteiger partial charge < -0.3 is 10.0 Å². The first-order valence-corrected chi connectivity index (χ1v) is 6.33. The molecule has 0 spiro atoms. The normalized spacial score (nSPS) is 10.3. The van der Waals surface area contributed by atoms with Crippen molar-refractivity contribution in [1.82, 2.24) is 9.97 Å². The van der Waals surface area contributed by atoms with Crippen LogP contribution in [0.4, 0.5) is 5.82 Å². The molecule has 1 N–H and O–H groups in total. The second-order valence-electron chi connectivity index (χ2n) is 3.82. The van der Waals surface area contributed by atoms with Crippen LogP contribution in [0.1, 0.15) is 15.2 Å². The number of nitrogens with zero attached hydrogens (tertiary/aromatic N) is 3. The van der Waals surface area contributed by atoms with Gasteiger partial charge in [0, 0.05) is 24.7 Å². The highest BCUT2D eigenvalue weighted by Crippen LogP contribution is 2.16. The Balaban J connectivity index is 2.09. The van der Waals surface area contributed by atoms with Crippen LogP contribution in [-0.4, -0.2) is 34.6 Å². The molecule has 0 atom stereocenters. The molecular formula is C12H13N3O2S. The zero-order valence-electron chi connectivity index (χ0n) is 9.91. The SMILES string of the molecule is CN(CCc1cccs1)c1ncncc1C(=O)O. The van der Waals surface area contributed by atoms with Gasteiger partial charge in [0.15, 0.2) is 0 Å². The quantitative estimate of drug-likeness (QED) is 0.892. The first-order valence-electron chi connectivity index (χ1n) is 5.45. The lowest BCUT2D eigenvalue weighted by molar-refractivity contribution is 0.0696. The van der Waals surface area contributed by atoms with Gasteiger partial charge in [-0.25, -0.2) is 14.8 Å². The molecular weight excluding hydrogens is 250 g/mol. The van der Waals surface area contributed by atoms with Crippen LogP contribution in [0.3, 0.4) is 0 Å². The number of hydrogen-bond acceptors (Lipinski definition) is 5. The van der Waals surface area contributed by atoms with Gasteiger partial charge >= 0.3 is 5.97 Å². The van der Waals surface area contributed by atoms with E-state index < -0.39 is 5.97 Å². The number of carboxylic acids is 1. The molecule has 0 aromatic carbocycles. The highest BCUT2D eigenvalue weighted by Gasteiger charge is 2.14. The Morgan fingerprint density at radius 3 is 3.06 bits per heavy atom. The zero-order chi connectivity index (χ0) is 13.0. The minimum atomic E-state index is -1.01. The van der Waals surface area contributed by atoms with Gasteiger partial charge in [0.25, 0.3) is 0 Å². The van der Waals surface area contributed by atoms with Crippen molar-refractivity contribution in [3.8, 4) is 0 Å². The van der Waals surface area contributed by atoms with Crippen LogP contribution in [0.2, 0.25) is 0 Å². The van der Waals surface area contributed by atoms with E-state index in [1.165, 1.54) is 17.4 Å². The summed E-state index contributed by atoms with van der Waals surface area (Å²) in [6, 6.07) is 4.07. The number of aromatic nitrogens is 2. The maximum absolute atomic E-state index is 11.1. The van der Waals surface area contributed by atoms with E-state index in [2.05, 4.69) is 16.0 Å². The summed E-state index contributed by atoms with van der Waals surface area (Å²) in [5.74, 6) is -0.553. The van der Waals surface area contributed by atoms with Crippen molar-refractivity contribution in [3.63, 3.8) is 0 Å². The van der Waals surface area contributed by atoms with Crippen LogP contribution in [0.15, 0.2) is 30.0 Å². The largest absolute Gasteiger partial charge is 0.477 e. The molecule has 0 bridgehead atoms. The average molecular weight is 263 g/mol. The summed E-state index contributed by atoms with van der Waals surface area (Å²) in [7, 11) is 1.84. The van der Waals surface area contributed by atoms with Gasteiger partial charge in [-0.1, -0.05) is 6.07 Å². The zero-order valence-corrected chi connectivity index (χ0v) is 10.7. The Morgan fingerprint density at radius 1 is 1.56 bits per heavy atom. The fraction of sp³-hybridized carbons (Fsp3) is 0.250. The van der Waals surface area contributed by atoms with Gasteiger partial charge in [-0.15, -0.1) is 11.3 Å². The average Bonchev–Trinajstić information content (AvgIpc) is 2.89. The second kappa shape index (κ2) is 5.59. The lowest BCUT2D eigenvalue weighted by atomic mass is 10.2. The third-order valence-electron chi connectivity index (χ3n) is 2.56. The molecule has 6 heteroatoms. The van der Waals surface area contributed by atoms with Crippen molar-refractivity contribution in [2.24, 2.45) is 0 Å². The number of aromatic carboxylic acids is 1. The predicted octanol–water partition coefficient (Wildman–Crippen LogP) is 1.92. The van der Waals surface area contributed by atoms with Gasteiger partial charge in [-0.05, 0) is 17.9 Å².